The van der Waals surface area contributed by atoms with E-state index in [0.717, 1.165) is 18.5 Å². The fourth-order valence-electron chi connectivity index (χ4n) is 1.88. The zero-order valence-corrected chi connectivity index (χ0v) is 11.8. The second-order valence-corrected chi connectivity index (χ2v) is 6.16. The Kier molecular flexibility index (Phi) is 3.71. The van der Waals surface area contributed by atoms with Gasteiger partial charge in [-0.1, -0.05) is 38.4 Å². The highest BCUT2D eigenvalue weighted by atomic mass is 35.5. The van der Waals surface area contributed by atoms with Gasteiger partial charge in [-0.25, -0.2) is 4.98 Å². The van der Waals surface area contributed by atoms with Crippen LogP contribution in [0.5, 0.6) is 0 Å². The zero-order chi connectivity index (χ0) is 13.2. The monoisotopic (exact) mass is 263 g/mol. The molecule has 0 N–H and O–H groups in total. The molecule has 0 radical (unpaired) electrons. The van der Waals surface area contributed by atoms with Gasteiger partial charge in [-0.05, 0) is 29.0 Å². The van der Waals surface area contributed by atoms with Gasteiger partial charge in [0.15, 0.2) is 0 Å². The van der Waals surface area contributed by atoms with Crippen molar-refractivity contribution in [2.24, 2.45) is 5.41 Å². The molecular formula is C14H18ClN3. The lowest BCUT2D eigenvalue weighted by molar-refractivity contribution is 0.411. The van der Waals surface area contributed by atoms with Gasteiger partial charge >= 0.3 is 0 Å². The Balaban J connectivity index is 2.04. The Hall–Kier alpha value is -1.35. The van der Waals surface area contributed by atoms with Crippen LogP contribution in [-0.2, 0) is 13.0 Å². The van der Waals surface area contributed by atoms with Gasteiger partial charge in [0.05, 0.1) is 12.7 Å². The number of halogens is 1. The van der Waals surface area contributed by atoms with E-state index in [1.165, 1.54) is 5.56 Å². The Labute approximate surface area is 113 Å². The minimum absolute atomic E-state index is 0.287. The molecule has 0 unspecified atom stereocenters. The van der Waals surface area contributed by atoms with E-state index in [4.69, 9.17) is 11.6 Å². The summed E-state index contributed by atoms with van der Waals surface area (Å²) in [5, 5.41) is 4.89. The van der Waals surface area contributed by atoms with Gasteiger partial charge in [-0.3, -0.25) is 4.68 Å². The first-order valence-electron chi connectivity index (χ1n) is 6.04. The van der Waals surface area contributed by atoms with E-state index < -0.39 is 0 Å². The average molecular weight is 264 g/mol. The summed E-state index contributed by atoms with van der Waals surface area (Å²) in [6, 6.07) is 3.77. The predicted molar refractivity (Wildman–Crippen MR) is 73.7 cm³/mol. The third-order valence-electron chi connectivity index (χ3n) is 2.55. The van der Waals surface area contributed by atoms with Crippen molar-refractivity contribution in [1.29, 1.82) is 0 Å². The van der Waals surface area contributed by atoms with Crippen LogP contribution in [0.15, 0.2) is 30.7 Å². The van der Waals surface area contributed by atoms with Crippen LogP contribution >= 0.6 is 11.6 Å². The van der Waals surface area contributed by atoms with Crippen molar-refractivity contribution in [3.05, 3.63) is 47.0 Å². The second kappa shape index (κ2) is 5.11. The summed E-state index contributed by atoms with van der Waals surface area (Å²) < 4.78 is 1.94. The van der Waals surface area contributed by atoms with Gasteiger partial charge < -0.3 is 0 Å². The van der Waals surface area contributed by atoms with Gasteiger partial charge in [-0.2, -0.15) is 5.10 Å². The molecule has 0 bridgehead atoms. The number of pyridine rings is 1. The highest BCUT2D eigenvalue weighted by Gasteiger charge is 2.12. The number of hydrogen-bond acceptors (Lipinski definition) is 2. The molecule has 96 valence electrons. The molecule has 0 saturated heterocycles. The molecule has 4 heteroatoms. The standard InChI is InChI=1S/C14H18ClN3/c1-14(2,3)6-12-8-17-18(10-12)9-11-4-5-13(15)16-7-11/h4-5,7-8,10H,6,9H2,1-3H3. The number of rotatable bonds is 3. The maximum atomic E-state index is 5.76. The molecule has 18 heavy (non-hydrogen) atoms. The second-order valence-electron chi connectivity index (χ2n) is 5.77. The smallest absolute Gasteiger partial charge is 0.129 e. The predicted octanol–water partition coefficient (Wildman–Crippen LogP) is 3.57. The Morgan fingerprint density at radius 2 is 1.94 bits per heavy atom. The number of hydrogen-bond donors (Lipinski definition) is 0. The molecule has 0 aliphatic carbocycles. The van der Waals surface area contributed by atoms with Gasteiger partial charge in [0.2, 0.25) is 0 Å². The van der Waals surface area contributed by atoms with Gasteiger partial charge in [-0.15, -0.1) is 0 Å². The molecule has 0 amide bonds. The molecule has 0 fully saturated rings. The molecular weight excluding hydrogens is 246 g/mol. The summed E-state index contributed by atoms with van der Waals surface area (Å²) in [6.07, 6.45) is 6.85. The first kappa shape index (κ1) is 13.1. The zero-order valence-electron chi connectivity index (χ0n) is 11.0. The van der Waals surface area contributed by atoms with Crippen molar-refractivity contribution >= 4 is 11.6 Å². The lowest BCUT2D eigenvalue weighted by Crippen LogP contribution is -2.08. The SMILES string of the molecule is CC(C)(C)Cc1cnn(Cc2ccc(Cl)nc2)c1. The fourth-order valence-corrected chi connectivity index (χ4v) is 2.00. The van der Waals surface area contributed by atoms with Crippen molar-refractivity contribution in [3.63, 3.8) is 0 Å². The molecule has 2 rings (SSSR count). The Morgan fingerprint density at radius 1 is 1.17 bits per heavy atom. The fraction of sp³-hybridized carbons (Fsp3) is 0.429. The summed E-state index contributed by atoms with van der Waals surface area (Å²) in [5.74, 6) is 0. The summed E-state index contributed by atoms with van der Waals surface area (Å²) >= 11 is 5.76. The van der Waals surface area contributed by atoms with Crippen LogP contribution in [0, 0.1) is 5.41 Å². The molecule has 0 aliphatic rings. The maximum Gasteiger partial charge on any atom is 0.129 e. The number of nitrogens with zero attached hydrogens (tertiary/aromatic N) is 3. The quantitative estimate of drug-likeness (QED) is 0.793. The van der Waals surface area contributed by atoms with E-state index in [1.54, 1.807) is 12.3 Å². The van der Waals surface area contributed by atoms with Crippen LogP contribution in [-0.4, -0.2) is 14.8 Å². The highest BCUT2D eigenvalue weighted by molar-refractivity contribution is 6.29. The Bertz CT molecular complexity index is 509. The molecule has 0 aliphatic heterocycles. The summed E-state index contributed by atoms with van der Waals surface area (Å²) in [5.41, 5.74) is 2.66. The van der Waals surface area contributed by atoms with Crippen molar-refractivity contribution in [1.82, 2.24) is 14.8 Å². The van der Waals surface area contributed by atoms with E-state index in [1.807, 2.05) is 16.9 Å². The van der Waals surface area contributed by atoms with Crippen LogP contribution in [0.25, 0.3) is 0 Å². The minimum Gasteiger partial charge on any atom is -0.268 e. The van der Waals surface area contributed by atoms with E-state index in [-0.39, 0.29) is 5.41 Å². The molecule has 0 aromatic carbocycles. The molecule has 2 aromatic rings. The molecule has 3 nitrogen and oxygen atoms in total. The van der Waals surface area contributed by atoms with Crippen molar-refractivity contribution in [2.45, 2.75) is 33.7 Å². The van der Waals surface area contributed by atoms with E-state index in [2.05, 4.69) is 37.1 Å². The van der Waals surface area contributed by atoms with E-state index in [0.29, 0.717) is 5.15 Å². The maximum absolute atomic E-state index is 5.76. The van der Waals surface area contributed by atoms with Crippen LogP contribution < -0.4 is 0 Å². The van der Waals surface area contributed by atoms with Crippen LogP contribution in [0.2, 0.25) is 5.15 Å². The molecule has 2 heterocycles. The first-order valence-corrected chi connectivity index (χ1v) is 6.42. The lowest BCUT2D eigenvalue weighted by Gasteiger charge is -2.16. The largest absolute Gasteiger partial charge is 0.268 e. The average Bonchev–Trinajstić information content (AvgIpc) is 2.66. The lowest BCUT2D eigenvalue weighted by atomic mass is 9.89. The summed E-state index contributed by atoms with van der Waals surface area (Å²) in [4.78, 5) is 4.07. The summed E-state index contributed by atoms with van der Waals surface area (Å²) in [7, 11) is 0. The third kappa shape index (κ3) is 3.84. The molecule has 0 atom stereocenters. The minimum atomic E-state index is 0.287. The van der Waals surface area contributed by atoms with Crippen molar-refractivity contribution in [3.8, 4) is 0 Å². The van der Waals surface area contributed by atoms with Crippen molar-refractivity contribution < 1.29 is 0 Å². The summed E-state index contributed by atoms with van der Waals surface area (Å²) in [6.45, 7) is 7.42. The van der Waals surface area contributed by atoms with E-state index in [9.17, 15) is 0 Å². The first-order chi connectivity index (χ1) is 8.42. The molecule has 0 spiro atoms. The van der Waals surface area contributed by atoms with Gasteiger partial charge in [0, 0.05) is 12.4 Å². The highest BCUT2D eigenvalue weighted by Crippen LogP contribution is 2.20. The number of aromatic nitrogens is 3. The molecule has 0 saturated carbocycles. The van der Waals surface area contributed by atoms with Crippen molar-refractivity contribution in [2.75, 3.05) is 0 Å². The van der Waals surface area contributed by atoms with E-state index >= 15 is 0 Å². The van der Waals surface area contributed by atoms with Crippen LogP contribution in [0.1, 0.15) is 31.9 Å². The van der Waals surface area contributed by atoms with Gasteiger partial charge in [0.1, 0.15) is 5.15 Å². The Morgan fingerprint density at radius 3 is 2.56 bits per heavy atom. The normalized spacial score (nSPS) is 11.8. The molecule has 2 aromatic heterocycles. The third-order valence-corrected chi connectivity index (χ3v) is 2.78. The van der Waals surface area contributed by atoms with Gasteiger partial charge in [0.25, 0.3) is 0 Å². The van der Waals surface area contributed by atoms with Crippen LogP contribution in [0.3, 0.4) is 0 Å². The van der Waals surface area contributed by atoms with Crippen LogP contribution in [0.4, 0.5) is 0 Å². The topological polar surface area (TPSA) is 30.7 Å².